The zero-order valence-corrected chi connectivity index (χ0v) is 25.3. The monoisotopic (exact) mass is 581 g/mol. The molecule has 0 aliphatic carbocycles. The second-order valence-electron chi connectivity index (χ2n) is 9.20. The van der Waals surface area contributed by atoms with Gasteiger partial charge in [0.25, 0.3) is 0 Å². The first-order valence-electron chi connectivity index (χ1n) is 13.7. The molecule has 8 nitrogen and oxygen atoms in total. The lowest BCUT2D eigenvalue weighted by molar-refractivity contribution is -0.131. The number of carbonyl (C=O) groups excluding carboxylic acids is 3. The van der Waals surface area contributed by atoms with Crippen LogP contribution in [0.2, 0.25) is 0 Å². The second kappa shape index (κ2) is 25.2. The zero-order valence-electron chi connectivity index (χ0n) is 24.4. The van der Waals surface area contributed by atoms with Crippen LogP contribution in [0.25, 0.3) is 0 Å². The average molecular weight is 582 g/mol. The predicted octanol–water partition coefficient (Wildman–Crippen LogP) is 3.99. The van der Waals surface area contributed by atoms with Crippen molar-refractivity contribution >= 4 is 30.0 Å². The number of piperidine rings is 1. The number of hydrogen-bond acceptors (Lipinski definition) is 6. The molecule has 41 heavy (non-hydrogen) atoms. The standard InChI is InChI=1S/C19H28N4O3S.C11H17N.C2H2/c24-14-21-13-22-19(26)17(23-18(25)16-6-8-20-9-7-16)11-15-5-3-1-2-4-10-27-12-15;1-4-10(2)8-6-5-7-9-11(3)12;1-2/h1-4,12,14,16-17,20H,5-11,13H2,(H,21,24)(H,22,26)(H,23,25);4-7,9H,3,8,12H2,1-2H3;1-2H/b3-1-,4-2-,15-12+;6-5-,9-7-,10-4-;/t17-;;/m1../s1. The molecule has 0 aromatic carbocycles. The minimum Gasteiger partial charge on any atom is -0.399 e. The maximum absolute atomic E-state index is 12.6. The van der Waals surface area contributed by atoms with Gasteiger partial charge in [0.1, 0.15) is 6.04 Å². The summed E-state index contributed by atoms with van der Waals surface area (Å²) in [6.45, 7) is 9.38. The molecule has 1 fully saturated rings. The van der Waals surface area contributed by atoms with Gasteiger partial charge in [0.15, 0.2) is 0 Å². The normalized spacial score (nSPS) is 19.2. The van der Waals surface area contributed by atoms with E-state index in [4.69, 9.17) is 5.73 Å². The van der Waals surface area contributed by atoms with Crippen molar-refractivity contribution in [2.75, 3.05) is 25.5 Å². The second-order valence-corrected chi connectivity index (χ2v) is 10.1. The molecule has 0 radical (unpaired) electrons. The van der Waals surface area contributed by atoms with Gasteiger partial charge in [-0.2, -0.15) is 0 Å². The van der Waals surface area contributed by atoms with Crippen molar-refractivity contribution < 1.29 is 14.4 Å². The summed E-state index contributed by atoms with van der Waals surface area (Å²) in [5.74, 6) is 0.436. The van der Waals surface area contributed by atoms with Crippen molar-refractivity contribution in [1.29, 1.82) is 0 Å². The van der Waals surface area contributed by atoms with Gasteiger partial charge in [-0.3, -0.25) is 14.4 Å². The third kappa shape index (κ3) is 19.9. The molecule has 224 valence electrons. The van der Waals surface area contributed by atoms with Crippen molar-refractivity contribution in [3.63, 3.8) is 0 Å². The summed E-state index contributed by atoms with van der Waals surface area (Å²) in [6, 6.07) is -0.658. The molecule has 2 aliphatic heterocycles. The van der Waals surface area contributed by atoms with Crippen LogP contribution in [-0.2, 0) is 14.4 Å². The molecule has 2 heterocycles. The third-order valence-corrected chi connectivity index (χ3v) is 6.84. The molecule has 2 aliphatic rings. The van der Waals surface area contributed by atoms with Crippen molar-refractivity contribution in [2.45, 2.75) is 52.0 Å². The van der Waals surface area contributed by atoms with Crippen LogP contribution in [0, 0.1) is 18.8 Å². The summed E-state index contributed by atoms with van der Waals surface area (Å²) in [6.07, 6.45) is 30.2. The number of nitrogens with one attached hydrogen (secondary N) is 4. The Balaban J connectivity index is 0.000000962. The van der Waals surface area contributed by atoms with Gasteiger partial charge in [0.05, 0.1) is 6.67 Å². The van der Waals surface area contributed by atoms with Crippen LogP contribution in [0.4, 0.5) is 0 Å². The van der Waals surface area contributed by atoms with Crippen LogP contribution < -0.4 is 27.0 Å². The van der Waals surface area contributed by atoms with Crippen LogP contribution >= 0.6 is 11.8 Å². The van der Waals surface area contributed by atoms with Crippen LogP contribution in [0.1, 0.15) is 46.0 Å². The highest BCUT2D eigenvalue weighted by molar-refractivity contribution is 8.02. The maximum Gasteiger partial charge on any atom is 0.244 e. The Morgan fingerprint density at radius 1 is 1.22 bits per heavy atom. The van der Waals surface area contributed by atoms with Gasteiger partial charge in [-0.1, -0.05) is 66.3 Å². The van der Waals surface area contributed by atoms with Gasteiger partial charge in [-0.25, -0.2) is 0 Å². The molecule has 2 rings (SSSR count). The Hall–Kier alpha value is -3.74. The highest BCUT2D eigenvalue weighted by atomic mass is 32.2. The predicted molar refractivity (Wildman–Crippen MR) is 173 cm³/mol. The molecule has 0 aromatic rings. The minimum atomic E-state index is -0.658. The van der Waals surface area contributed by atoms with Crippen LogP contribution in [0.3, 0.4) is 0 Å². The minimum absolute atomic E-state index is 0.0413. The molecule has 9 heteroatoms. The number of carbonyl (C=O) groups is 3. The quantitative estimate of drug-likeness (QED) is 0.0593. The fourth-order valence-electron chi connectivity index (χ4n) is 3.61. The SMILES string of the molecule is C#C.C=C(N)/C=C\C=C/C/C(C)=C\C.O=CNCNC(=O)[C@@H](C/C1=C/SC/C=C\C=C/C1)NC(=O)C1CCNCC1. The zero-order chi connectivity index (χ0) is 30.7. The molecular formula is C32H47N5O3S. The molecule has 0 aromatic heterocycles. The number of allylic oxidation sites excluding steroid dienone is 9. The van der Waals surface area contributed by atoms with Gasteiger partial charge in [-0.05, 0) is 70.5 Å². The van der Waals surface area contributed by atoms with Crippen LogP contribution in [0.5, 0.6) is 0 Å². The molecule has 1 atom stereocenters. The van der Waals surface area contributed by atoms with Crippen molar-refractivity contribution in [1.82, 2.24) is 21.3 Å². The fraction of sp³-hybridized carbons (Fsp3) is 0.406. The number of amides is 3. The van der Waals surface area contributed by atoms with Gasteiger partial charge in [0.2, 0.25) is 18.2 Å². The molecule has 3 amide bonds. The van der Waals surface area contributed by atoms with Gasteiger partial charge in [-0.15, -0.1) is 24.6 Å². The summed E-state index contributed by atoms with van der Waals surface area (Å²) in [5.41, 5.74) is 8.38. The van der Waals surface area contributed by atoms with Gasteiger partial charge in [0, 0.05) is 17.4 Å². The first kappa shape index (κ1) is 37.3. The van der Waals surface area contributed by atoms with E-state index in [1.54, 1.807) is 17.8 Å². The third-order valence-electron chi connectivity index (χ3n) is 5.95. The molecule has 1 saturated heterocycles. The number of thioether (sulfide) groups is 1. The molecular weight excluding hydrogens is 534 g/mol. The lowest BCUT2D eigenvalue weighted by Crippen LogP contribution is -2.51. The molecule has 0 saturated carbocycles. The van der Waals surface area contributed by atoms with E-state index in [-0.39, 0.29) is 24.4 Å². The topological polar surface area (TPSA) is 125 Å². The van der Waals surface area contributed by atoms with Crippen molar-refractivity contribution in [3.05, 3.63) is 83.5 Å². The fourth-order valence-corrected chi connectivity index (χ4v) is 4.36. The summed E-state index contributed by atoms with van der Waals surface area (Å²) in [5, 5.41) is 13.3. The summed E-state index contributed by atoms with van der Waals surface area (Å²) < 4.78 is 0. The van der Waals surface area contributed by atoms with E-state index in [0.717, 1.165) is 50.1 Å². The lowest BCUT2D eigenvalue weighted by Gasteiger charge is -2.25. The van der Waals surface area contributed by atoms with Crippen molar-refractivity contribution in [3.8, 4) is 12.8 Å². The van der Waals surface area contributed by atoms with E-state index >= 15 is 0 Å². The van der Waals surface area contributed by atoms with E-state index in [9.17, 15) is 14.4 Å². The molecule has 0 unspecified atom stereocenters. The smallest absolute Gasteiger partial charge is 0.244 e. The lowest BCUT2D eigenvalue weighted by atomic mass is 9.96. The molecule has 0 spiro atoms. The molecule has 0 bridgehead atoms. The maximum atomic E-state index is 12.6. The summed E-state index contributed by atoms with van der Waals surface area (Å²) >= 11 is 1.67. The van der Waals surface area contributed by atoms with E-state index in [1.807, 2.05) is 37.3 Å². The van der Waals surface area contributed by atoms with Gasteiger partial charge < -0.3 is 27.0 Å². The van der Waals surface area contributed by atoms with Crippen LogP contribution in [0.15, 0.2) is 83.5 Å². The summed E-state index contributed by atoms with van der Waals surface area (Å²) in [7, 11) is 0. The number of terminal acetylenes is 1. The number of nitrogens with two attached hydrogens (primary N) is 1. The van der Waals surface area contributed by atoms with E-state index in [1.165, 1.54) is 5.57 Å². The Kier molecular flexibility index (Phi) is 22.9. The van der Waals surface area contributed by atoms with E-state index < -0.39 is 6.04 Å². The first-order chi connectivity index (χ1) is 19.9. The first-order valence-corrected chi connectivity index (χ1v) is 14.7. The largest absolute Gasteiger partial charge is 0.399 e. The molecule has 6 N–H and O–H groups in total. The van der Waals surface area contributed by atoms with Gasteiger partial charge >= 0.3 is 0 Å². The Morgan fingerprint density at radius 2 is 1.93 bits per heavy atom. The van der Waals surface area contributed by atoms with E-state index in [0.29, 0.717) is 18.5 Å². The Bertz CT molecular complexity index is 1000. The highest BCUT2D eigenvalue weighted by Crippen LogP contribution is 2.19. The Labute approximate surface area is 250 Å². The van der Waals surface area contributed by atoms with Crippen molar-refractivity contribution in [2.24, 2.45) is 11.7 Å². The average Bonchev–Trinajstić information content (AvgIpc) is 3.12. The summed E-state index contributed by atoms with van der Waals surface area (Å²) in [4.78, 5) is 35.6. The highest BCUT2D eigenvalue weighted by Gasteiger charge is 2.27. The van der Waals surface area contributed by atoms with Crippen LogP contribution in [-0.4, -0.2) is 49.8 Å². The van der Waals surface area contributed by atoms with E-state index in [2.05, 4.69) is 71.3 Å². The number of rotatable bonds is 12. The Morgan fingerprint density at radius 3 is 2.59 bits per heavy atom. The number of hydrogen-bond donors (Lipinski definition) is 5.